The SMILES string of the molecule is CC(C)(NC(=O)CC1CNCCO1)c1ccc(Br)cc1. The Morgan fingerprint density at radius 2 is 2.15 bits per heavy atom. The maximum atomic E-state index is 12.1. The van der Waals surface area contributed by atoms with E-state index in [4.69, 9.17) is 4.74 Å². The molecule has 1 aliphatic rings. The minimum Gasteiger partial charge on any atom is -0.375 e. The van der Waals surface area contributed by atoms with Crippen molar-refractivity contribution in [3.8, 4) is 0 Å². The lowest BCUT2D eigenvalue weighted by atomic mass is 9.94. The van der Waals surface area contributed by atoms with E-state index in [-0.39, 0.29) is 17.6 Å². The summed E-state index contributed by atoms with van der Waals surface area (Å²) in [6.45, 7) is 6.30. The van der Waals surface area contributed by atoms with Crippen LogP contribution in [-0.2, 0) is 15.1 Å². The van der Waals surface area contributed by atoms with Gasteiger partial charge in [0.25, 0.3) is 0 Å². The molecule has 0 spiro atoms. The molecule has 1 atom stereocenters. The van der Waals surface area contributed by atoms with Crippen LogP contribution in [0.2, 0.25) is 0 Å². The summed E-state index contributed by atoms with van der Waals surface area (Å²) < 4.78 is 6.59. The molecule has 1 heterocycles. The molecule has 1 aliphatic heterocycles. The standard InChI is InChI=1S/C15H21BrN2O2/c1-15(2,11-3-5-12(16)6-4-11)18-14(19)9-13-10-17-7-8-20-13/h3-6,13,17H,7-10H2,1-2H3,(H,18,19). The summed E-state index contributed by atoms with van der Waals surface area (Å²) in [5.41, 5.74) is 0.691. The van der Waals surface area contributed by atoms with Crippen molar-refractivity contribution in [3.05, 3.63) is 34.3 Å². The van der Waals surface area contributed by atoms with Crippen molar-refractivity contribution in [3.63, 3.8) is 0 Å². The first-order chi connectivity index (χ1) is 9.47. The number of rotatable bonds is 4. The average molecular weight is 341 g/mol. The lowest BCUT2D eigenvalue weighted by Crippen LogP contribution is -2.45. The topological polar surface area (TPSA) is 50.4 Å². The number of carbonyl (C=O) groups excluding carboxylic acids is 1. The number of ether oxygens (including phenoxy) is 1. The smallest absolute Gasteiger partial charge is 0.223 e. The van der Waals surface area contributed by atoms with Gasteiger partial charge in [-0.15, -0.1) is 0 Å². The van der Waals surface area contributed by atoms with Crippen LogP contribution in [0.4, 0.5) is 0 Å². The lowest BCUT2D eigenvalue weighted by molar-refractivity contribution is -0.126. The first kappa shape index (κ1) is 15.5. The predicted molar refractivity (Wildman–Crippen MR) is 82.5 cm³/mol. The summed E-state index contributed by atoms with van der Waals surface area (Å²) in [5, 5.41) is 6.31. The summed E-state index contributed by atoms with van der Waals surface area (Å²) in [6, 6.07) is 8.00. The fourth-order valence-electron chi connectivity index (χ4n) is 2.30. The van der Waals surface area contributed by atoms with Gasteiger partial charge in [0.15, 0.2) is 0 Å². The molecule has 0 aromatic heterocycles. The lowest BCUT2D eigenvalue weighted by Gasteiger charge is -2.29. The Morgan fingerprint density at radius 3 is 2.75 bits per heavy atom. The van der Waals surface area contributed by atoms with Crippen LogP contribution >= 0.6 is 15.9 Å². The second-order valence-corrected chi connectivity index (χ2v) is 6.50. The number of halogens is 1. The second kappa shape index (κ2) is 6.70. The van der Waals surface area contributed by atoms with Crippen molar-refractivity contribution >= 4 is 21.8 Å². The second-order valence-electron chi connectivity index (χ2n) is 5.58. The summed E-state index contributed by atoms with van der Waals surface area (Å²) in [4.78, 5) is 12.1. The van der Waals surface area contributed by atoms with Gasteiger partial charge in [0.2, 0.25) is 5.91 Å². The average Bonchev–Trinajstić information content (AvgIpc) is 2.39. The van der Waals surface area contributed by atoms with Crippen LogP contribution in [0.5, 0.6) is 0 Å². The molecule has 2 N–H and O–H groups in total. The number of nitrogens with one attached hydrogen (secondary N) is 2. The van der Waals surface area contributed by atoms with Gasteiger partial charge < -0.3 is 15.4 Å². The minimum absolute atomic E-state index is 0.0200. The van der Waals surface area contributed by atoms with E-state index in [9.17, 15) is 4.79 Å². The van der Waals surface area contributed by atoms with Crippen molar-refractivity contribution in [2.24, 2.45) is 0 Å². The van der Waals surface area contributed by atoms with Crippen LogP contribution < -0.4 is 10.6 Å². The third-order valence-corrected chi connectivity index (χ3v) is 3.96. The molecule has 1 saturated heterocycles. The Hall–Kier alpha value is -0.910. The zero-order valence-electron chi connectivity index (χ0n) is 11.9. The maximum absolute atomic E-state index is 12.1. The van der Waals surface area contributed by atoms with Gasteiger partial charge in [-0.1, -0.05) is 28.1 Å². The Bertz CT molecular complexity index is 453. The molecule has 1 unspecified atom stereocenters. The summed E-state index contributed by atoms with van der Waals surface area (Å²) >= 11 is 3.42. The highest BCUT2D eigenvalue weighted by atomic mass is 79.9. The first-order valence-electron chi connectivity index (χ1n) is 6.87. The van der Waals surface area contributed by atoms with Gasteiger partial charge in [0.1, 0.15) is 0 Å². The van der Waals surface area contributed by atoms with Crippen LogP contribution in [-0.4, -0.2) is 31.7 Å². The number of morpholine rings is 1. The van der Waals surface area contributed by atoms with E-state index in [1.807, 2.05) is 38.1 Å². The van der Waals surface area contributed by atoms with E-state index in [2.05, 4.69) is 26.6 Å². The minimum atomic E-state index is -0.389. The highest BCUT2D eigenvalue weighted by Gasteiger charge is 2.25. The molecule has 0 radical (unpaired) electrons. The summed E-state index contributed by atoms with van der Waals surface area (Å²) in [5.74, 6) is 0.0200. The number of benzene rings is 1. The van der Waals surface area contributed by atoms with Crippen LogP contribution in [0, 0.1) is 0 Å². The molecule has 2 rings (SSSR count). The molecule has 20 heavy (non-hydrogen) atoms. The van der Waals surface area contributed by atoms with Gasteiger partial charge in [-0.2, -0.15) is 0 Å². The van der Waals surface area contributed by atoms with E-state index < -0.39 is 0 Å². The Balaban J connectivity index is 1.93. The van der Waals surface area contributed by atoms with Crippen molar-refractivity contribution in [2.45, 2.75) is 31.9 Å². The quantitative estimate of drug-likeness (QED) is 0.883. The summed E-state index contributed by atoms with van der Waals surface area (Å²) in [6.07, 6.45) is 0.372. The van der Waals surface area contributed by atoms with E-state index in [0.717, 1.165) is 23.1 Å². The Labute approximate surface area is 128 Å². The normalized spacial score (nSPS) is 19.6. The molecule has 1 aromatic carbocycles. The van der Waals surface area contributed by atoms with Gasteiger partial charge in [-0.3, -0.25) is 4.79 Å². The number of amides is 1. The van der Waals surface area contributed by atoms with Gasteiger partial charge in [-0.25, -0.2) is 0 Å². The number of hydrogen-bond acceptors (Lipinski definition) is 3. The first-order valence-corrected chi connectivity index (χ1v) is 7.66. The molecule has 110 valence electrons. The molecule has 1 amide bonds. The van der Waals surface area contributed by atoms with E-state index in [1.54, 1.807) is 0 Å². The molecule has 5 heteroatoms. The van der Waals surface area contributed by atoms with Crippen LogP contribution in [0.1, 0.15) is 25.8 Å². The zero-order valence-corrected chi connectivity index (χ0v) is 13.5. The monoisotopic (exact) mass is 340 g/mol. The molecule has 1 aromatic rings. The van der Waals surface area contributed by atoms with Crippen LogP contribution in [0.15, 0.2) is 28.7 Å². The van der Waals surface area contributed by atoms with E-state index >= 15 is 0 Å². The molecule has 4 nitrogen and oxygen atoms in total. The fraction of sp³-hybridized carbons (Fsp3) is 0.533. The molecule has 0 saturated carbocycles. The third-order valence-electron chi connectivity index (χ3n) is 3.44. The molecule has 1 fully saturated rings. The maximum Gasteiger partial charge on any atom is 0.223 e. The zero-order chi connectivity index (χ0) is 14.6. The van der Waals surface area contributed by atoms with Crippen molar-refractivity contribution in [2.75, 3.05) is 19.7 Å². The highest BCUT2D eigenvalue weighted by molar-refractivity contribution is 9.10. The Morgan fingerprint density at radius 1 is 1.45 bits per heavy atom. The van der Waals surface area contributed by atoms with Crippen LogP contribution in [0.25, 0.3) is 0 Å². The molecule has 0 aliphatic carbocycles. The number of hydrogen-bond donors (Lipinski definition) is 2. The van der Waals surface area contributed by atoms with Crippen molar-refractivity contribution < 1.29 is 9.53 Å². The highest BCUT2D eigenvalue weighted by Crippen LogP contribution is 2.22. The molecular formula is C15H21BrN2O2. The van der Waals surface area contributed by atoms with Crippen molar-refractivity contribution in [1.82, 2.24) is 10.6 Å². The predicted octanol–water partition coefficient (Wildman–Crippen LogP) is 2.18. The van der Waals surface area contributed by atoms with E-state index in [1.165, 1.54) is 0 Å². The number of carbonyl (C=O) groups is 1. The molecular weight excluding hydrogens is 320 g/mol. The van der Waals surface area contributed by atoms with Gasteiger partial charge >= 0.3 is 0 Å². The Kier molecular flexibility index (Phi) is 5.18. The van der Waals surface area contributed by atoms with Gasteiger partial charge in [0.05, 0.1) is 24.7 Å². The van der Waals surface area contributed by atoms with Crippen molar-refractivity contribution in [1.29, 1.82) is 0 Å². The van der Waals surface area contributed by atoms with E-state index in [0.29, 0.717) is 13.0 Å². The van der Waals surface area contributed by atoms with Crippen LogP contribution in [0.3, 0.4) is 0 Å². The van der Waals surface area contributed by atoms with Gasteiger partial charge in [0, 0.05) is 17.6 Å². The third kappa shape index (κ3) is 4.30. The van der Waals surface area contributed by atoms with Gasteiger partial charge in [-0.05, 0) is 31.5 Å². The largest absolute Gasteiger partial charge is 0.375 e. The fourth-order valence-corrected chi connectivity index (χ4v) is 2.56. The summed E-state index contributed by atoms with van der Waals surface area (Å²) in [7, 11) is 0. The molecule has 0 bridgehead atoms.